The van der Waals surface area contributed by atoms with E-state index in [9.17, 15) is 0 Å². The third-order valence-corrected chi connectivity index (χ3v) is 11.6. The average Bonchev–Trinajstić information content (AvgIpc) is 3.74. The van der Waals surface area contributed by atoms with Gasteiger partial charge in [0.2, 0.25) is 0 Å². The molecule has 0 spiro atoms. The van der Waals surface area contributed by atoms with Gasteiger partial charge in [-0.3, -0.25) is 0 Å². The normalized spacial score (nSPS) is 14.2. The largest absolute Gasteiger partial charge is 0.464 e. The van der Waals surface area contributed by atoms with Gasteiger partial charge < -0.3 is 8.83 Å². The third-order valence-electron chi connectivity index (χ3n) is 6.44. The number of allylic oxidation sites excluding steroid dienone is 4. The Morgan fingerprint density at radius 1 is 0.556 bits per heavy atom. The Kier molecular flexibility index (Phi) is 6.81. The van der Waals surface area contributed by atoms with E-state index in [0.717, 1.165) is 11.0 Å². The summed E-state index contributed by atoms with van der Waals surface area (Å²) < 4.78 is 12.0. The van der Waals surface area contributed by atoms with E-state index in [1.807, 2.05) is 12.1 Å². The molecule has 0 saturated carbocycles. The van der Waals surface area contributed by atoms with Crippen LogP contribution in [-0.4, -0.2) is 0 Å². The van der Waals surface area contributed by atoms with Gasteiger partial charge in [0.1, 0.15) is 11.0 Å². The van der Waals surface area contributed by atoms with Crippen LogP contribution < -0.4 is 26.9 Å². The van der Waals surface area contributed by atoms with E-state index in [0.29, 0.717) is 5.92 Å². The second kappa shape index (κ2) is 10.7. The molecule has 0 aliphatic heterocycles. The maximum absolute atomic E-state index is 6.01. The van der Waals surface area contributed by atoms with Crippen LogP contribution in [0.15, 0.2) is 155 Å². The highest BCUT2D eigenvalue weighted by Crippen LogP contribution is 2.55. The summed E-state index contributed by atoms with van der Waals surface area (Å²) in [5, 5.41) is 4.05. The summed E-state index contributed by atoms with van der Waals surface area (Å²) in [7, 11) is -1.68. The fraction of sp³-hybridized carbons (Fsp3) is 0.0625. The van der Waals surface area contributed by atoms with E-state index in [2.05, 4.69) is 121 Å². The van der Waals surface area contributed by atoms with Gasteiger partial charge in [-0.05, 0) is 53.7 Å². The van der Waals surface area contributed by atoms with Gasteiger partial charge in [0, 0.05) is 11.6 Å². The van der Waals surface area contributed by atoms with Gasteiger partial charge in [-0.25, -0.2) is 0 Å². The first-order valence-electron chi connectivity index (χ1n) is 12.1. The molecule has 0 amide bonds. The number of hydrogen-bond acceptors (Lipinski definition) is 2. The SMILES string of the molecule is C1=CC([C@@H](c2ccccc2P(c2ccco2)c2ccco2)P(c2ccccc2)c2ccccc2)C=C1. The first-order chi connectivity index (χ1) is 17.9. The van der Waals surface area contributed by atoms with Gasteiger partial charge in [-0.15, -0.1) is 0 Å². The zero-order valence-electron chi connectivity index (χ0n) is 19.7. The molecule has 0 fully saturated rings. The van der Waals surface area contributed by atoms with Crippen molar-refractivity contribution < 1.29 is 8.83 Å². The van der Waals surface area contributed by atoms with Crippen LogP contribution in [0.4, 0.5) is 0 Å². The molecule has 0 saturated heterocycles. The van der Waals surface area contributed by atoms with E-state index in [1.54, 1.807) is 12.5 Å². The molecule has 4 heteroatoms. The van der Waals surface area contributed by atoms with Crippen LogP contribution in [0.25, 0.3) is 0 Å². The monoisotopic (exact) mass is 504 g/mol. The van der Waals surface area contributed by atoms with Gasteiger partial charge >= 0.3 is 0 Å². The molecule has 36 heavy (non-hydrogen) atoms. The summed E-state index contributed by atoms with van der Waals surface area (Å²) in [6.45, 7) is 0. The van der Waals surface area contributed by atoms with E-state index in [-0.39, 0.29) is 5.66 Å². The zero-order chi connectivity index (χ0) is 24.2. The molecule has 2 nitrogen and oxygen atoms in total. The van der Waals surface area contributed by atoms with Gasteiger partial charge in [0.25, 0.3) is 0 Å². The maximum Gasteiger partial charge on any atom is 0.137 e. The second-order valence-electron chi connectivity index (χ2n) is 8.63. The molecule has 3 aromatic carbocycles. The highest BCUT2D eigenvalue weighted by atomic mass is 31.1. The molecule has 6 rings (SSSR count). The zero-order valence-corrected chi connectivity index (χ0v) is 21.5. The molecule has 2 aromatic heterocycles. The molecule has 1 aliphatic rings. The predicted octanol–water partition coefficient (Wildman–Crippen LogP) is 6.55. The highest BCUT2D eigenvalue weighted by Gasteiger charge is 2.35. The summed E-state index contributed by atoms with van der Waals surface area (Å²) in [6.07, 6.45) is 12.6. The Balaban J connectivity index is 1.58. The lowest BCUT2D eigenvalue weighted by atomic mass is 10.00. The topological polar surface area (TPSA) is 26.3 Å². The van der Waals surface area contributed by atoms with E-state index < -0.39 is 15.8 Å². The Bertz CT molecular complexity index is 1350. The van der Waals surface area contributed by atoms with Crippen molar-refractivity contribution in [3.8, 4) is 0 Å². The second-order valence-corrected chi connectivity index (χ2v) is 13.0. The van der Waals surface area contributed by atoms with Crippen molar-refractivity contribution in [2.75, 3.05) is 0 Å². The van der Waals surface area contributed by atoms with Crippen molar-refractivity contribution in [2.45, 2.75) is 5.66 Å². The van der Waals surface area contributed by atoms with Crippen LogP contribution in [-0.2, 0) is 0 Å². The minimum absolute atomic E-state index is 0.255. The smallest absolute Gasteiger partial charge is 0.137 e. The Hall–Kier alpha value is -3.44. The first kappa shape index (κ1) is 23.0. The molecule has 0 bridgehead atoms. The van der Waals surface area contributed by atoms with Crippen LogP contribution in [0.2, 0.25) is 0 Å². The Labute approximate surface area is 214 Å². The van der Waals surface area contributed by atoms with E-state index >= 15 is 0 Å². The molecule has 0 radical (unpaired) electrons. The summed E-state index contributed by atoms with van der Waals surface area (Å²) in [4.78, 5) is 0. The molecule has 0 unspecified atom stereocenters. The van der Waals surface area contributed by atoms with Crippen LogP contribution in [0, 0.1) is 5.92 Å². The predicted molar refractivity (Wildman–Crippen MR) is 153 cm³/mol. The molecule has 5 aromatic rings. The summed E-state index contributed by atoms with van der Waals surface area (Å²) in [6, 6.07) is 39.0. The maximum atomic E-state index is 6.01. The van der Waals surface area contributed by atoms with E-state index in [4.69, 9.17) is 8.83 Å². The fourth-order valence-electron chi connectivity index (χ4n) is 4.91. The lowest BCUT2D eigenvalue weighted by Gasteiger charge is -2.34. The quantitative estimate of drug-likeness (QED) is 0.224. The van der Waals surface area contributed by atoms with Crippen LogP contribution in [0.1, 0.15) is 11.2 Å². The minimum atomic E-state index is -0.973. The third kappa shape index (κ3) is 4.56. The lowest BCUT2D eigenvalue weighted by molar-refractivity contribution is 0.593. The number of furan rings is 2. The molecule has 176 valence electrons. The Morgan fingerprint density at radius 3 is 1.61 bits per heavy atom. The molecule has 2 heterocycles. The van der Waals surface area contributed by atoms with E-state index in [1.165, 1.54) is 21.5 Å². The number of benzene rings is 3. The fourth-order valence-corrected chi connectivity index (χ4v) is 10.2. The van der Waals surface area contributed by atoms with Crippen molar-refractivity contribution >= 4 is 42.8 Å². The van der Waals surface area contributed by atoms with Gasteiger partial charge in [-0.1, -0.05) is 109 Å². The van der Waals surface area contributed by atoms with Crippen LogP contribution >= 0.6 is 15.8 Å². The molecule has 0 N–H and O–H groups in total. The number of hydrogen-bond donors (Lipinski definition) is 0. The standard InChI is InChI=1S/C32H26O2P2/c1-3-15-26(16-4-1)35(27-17-5-2-6-18-27)32(25-13-7-8-14-25)28-19-9-10-20-29(28)36(30-21-11-23-33-30)31-22-12-24-34-31/h1-25,32H/t32-/m0/s1. The number of rotatable bonds is 8. The van der Waals surface area contributed by atoms with Gasteiger partial charge in [0.05, 0.1) is 20.4 Å². The van der Waals surface area contributed by atoms with Gasteiger partial charge in [0.15, 0.2) is 0 Å². The highest BCUT2D eigenvalue weighted by molar-refractivity contribution is 7.79. The van der Waals surface area contributed by atoms with Gasteiger partial charge in [-0.2, -0.15) is 0 Å². The molecule has 1 aliphatic carbocycles. The average molecular weight is 505 g/mol. The molecular weight excluding hydrogens is 478 g/mol. The minimum Gasteiger partial charge on any atom is -0.464 e. The van der Waals surface area contributed by atoms with Crippen molar-refractivity contribution in [2.24, 2.45) is 5.92 Å². The van der Waals surface area contributed by atoms with Crippen molar-refractivity contribution in [1.29, 1.82) is 0 Å². The van der Waals surface area contributed by atoms with Crippen molar-refractivity contribution in [3.63, 3.8) is 0 Å². The lowest BCUT2D eigenvalue weighted by Crippen LogP contribution is -2.27. The van der Waals surface area contributed by atoms with Crippen LogP contribution in [0.5, 0.6) is 0 Å². The van der Waals surface area contributed by atoms with Crippen molar-refractivity contribution in [3.05, 3.63) is 152 Å². The molecule has 1 atom stereocenters. The summed E-state index contributed by atoms with van der Waals surface area (Å²) in [5.74, 6) is 0.294. The van der Waals surface area contributed by atoms with Crippen molar-refractivity contribution in [1.82, 2.24) is 0 Å². The summed E-state index contributed by atoms with van der Waals surface area (Å²) in [5.41, 5.74) is 3.52. The Morgan fingerprint density at radius 2 is 1.08 bits per heavy atom. The van der Waals surface area contributed by atoms with Crippen LogP contribution in [0.3, 0.4) is 0 Å². The summed E-state index contributed by atoms with van der Waals surface area (Å²) >= 11 is 0. The first-order valence-corrected chi connectivity index (χ1v) is 14.9. The molecular formula is C32H26O2P2.